The van der Waals surface area contributed by atoms with Crippen LogP contribution in [0.1, 0.15) is 136 Å². The fraction of sp³-hybridized carbons (Fsp3) is 1.00. The van der Waals surface area contributed by atoms with E-state index in [1.54, 1.807) is 0 Å². The monoisotopic (exact) mass is 536 g/mol. The average molecular weight is 538 g/mol. The Kier molecular flexibility index (Phi) is 18.4. The summed E-state index contributed by atoms with van der Waals surface area (Å²) in [6.07, 6.45) is 30.5. The Bertz CT molecular complexity index is 382. The summed E-state index contributed by atoms with van der Waals surface area (Å²) in [6.45, 7) is 8.51. The van der Waals surface area contributed by atoms with Crippen molar-refractivity contribution in [2.24, 2.45) is 0 Å². The minimum atomic E-state index is -2.00. The summed E-state index contributed by atoms with van der Waals surface area (Å²) in [5.74, 6) is 0. The molecule has 0 spiro atoms. The molecular weight excluding hydrogens is 479 g/mol. The zero-order valence-electron chi connectivity index (χ0n) is 22.2. The van der Waals surface area contributed by atoms with Crippen LogP contribution in [0, 0.1) is 0 Å². The summed E-state index contributed by atoms with van der Waals surface area (Å²) in [5.41, 5.74) is 0. The molecule has 0 saturated carbocycles. The zero-order valence-corrected chi connectivity index (χ0v) is 24.7. The molecule has 194 valence electrons. The Morgan fingerprint density at radius 2 is 0.844 bits per heavy atom. The molecule has 1 aliphatic heterocycles. The topological polar surface area (TPSA) is 18.5 Å². The summed E-state index contributed by atoms with van der Waals surface area (Å²) in [5, 5.41) is -2.00. The predicted octanol–water partition coefficient (Wildman–Crippen LogP) is 10.3. The third-order valence-corrected chi connectivity index (χ3v) is 17.1. The second-order valence-corrected chi connectivity index (χ2v) is 22.0. The quantitative estimate of drug-likeness (QED) is 0.0953. The van der Waals surface area contributed by atoms with Gasteiger partial charge in [0.15, 0.2) is 0 Å². The standard InChI is InChI=1S/C28H58BrO2P/c1-4-7-10-13-16-19-24-32(29,27-28-30-22-23-31-28,25-20-17-14-11-8-5-2)26-21-18-15-12-9-6-3/h28H,4-27H2,1-3H3. The van der Waals surface area contributed by atoms with Gasteiger partial charge in [0.2, 0.25) is 0 Å². The number of unbranched alkanes of at least 4 members (excludes halogenated alkanes) is 15. The molecule has 4 heteroatoms. The molecule has 1 aliphatic rings. The van der Waals surface area contributed by atoms with E-state index in [0.29, 0.717) is 0 Å². The molecule has 0 bridgehead atoms. The third kappa shape index (κ3) is 14.3. The Morgan fingerprint density at radius 1 is 0.531 bits per heavy atom. The summed E-state index contributed by atoms with van der Waals surface area (Å²) < 4.78 is 12.1. The maximum atomic E-state index is 6.03. The summed E-state index contributed by atoms with van der Waals surface area (Å²) in [7, 11) is 0. The number of hydrogen-bond acceptors (Lipinski definition) is 2. The molecule has 0 aromatic heterocycles. The van der Waals surface area contributed by atoms with Gasteiger partial charge in [0.1, 0.15) is 0 Å². The molecule has 2 nitrogen and oxygen atoms in total. The van der Waals surface area contributed by atoms with Crippen LogP contribution < -0.4 is 0 Å². The van der Waals surface area contributed by atoms with Crippen molar-refractivity contribution in [1.82, 2.24) is 0 Å². The van der Waals surface area contributed by atoms with E-state index in [4.69, 9.17) is 9.47 Å². The van der Waals surface area contributed by atoms with Crippen molar-refractivity contribution < 1.29 is 9.47 Å². The van der Waals surface area contributed by atoms with Crippen LogP contribution in [0.2, 0.25) is 0 Å². The first kappa shape index (κ1) is 30.9. The van der Waals surface area contributed by atoms with E-state index in [1.165, 1.54) is 134 Å². The first-order valence-corrected chi connectivity index (χ1v) is 19.5. The van der Waals surface area contributed by atoms with Gasteiger partial charge in [-0.05, 0) is 0 Å². The maximum absolute atomic E-state index is 6.03. The molecule has 0 unspecified atom stereocenters. The molecular formula is C28H58BrO2P. The van der Waals surface area contributed by atoms with Gasteiger partial charge in [0.05, 0.1) is 0 Å². The second kappa shape index (κ2) is 19.1. The second-order valence-electron chi connectivity index (χ2n) is 10.6. The van der Waals surface area contributed by atoms with Crippen molar-refractivity contribution in [1.29, 1.82) is 0 Å². The third-order valence-electron chi connectivity index (χ3n) is 7.51. The Labute approximate surface area is 210 Å². The van der Waals surface area contributed by atoms with Crippen molar-refractivity contribution in [3.8, 4) is 0 Å². The van der Waals surface area contributed by atoms with E-state index in [2.05, 4.69) is 36.3 Å². The van der Waals surface area contributed by atoms with Gasteiger partial charge in [-0.3, -0.25) is 0 Å². The normalized spacial score (nSPS) is 16.4. The Balaban J connectivity index is 2.72. The predicted molar refractivity (Wildman–Crippen MR) is 151 cm³/mol. The Morgan fingerprint density at radius 3 is 1.19 bits per heavy atom. The molecule has 0 radical (unpaired) electrons. The fourth-order valence-electron chi connectivity index (χ4n) is 5.36. The number of ether oxygens (including phenoxy) is 2. The van der Waals surface area contributed by atoms with Crippen LogP contribution in [0.15, 0.2) is 0 Å². The molecule has 32 heavy (non-hydrogen) atoms. The van der Waals surface area contributed by atoms with Gasteiger partial charge in [0.25, 0.3) is 0 Å². The molecule has 0 atom stereocenters. The van der Waals surface area contributed by atoms with E-state index in [0.717, 1.165) is 19.4 Å². The molecule has 0 aromatic rings. The van der Waals surface area contributed by atoms with E-state index in [9.17, 15) is 0 Å². The summed E-state index contributed by atoms with van der Waals surface area (Å²) >= 11 is 4.62. The fourth-order valence-corrected chi connectivity index (χ4v) is 13.5. The van der Waals surface area contributed by atoms with Crippen LogP contribution >= 0.6 is 20.8 Å². The number of halogens is 1. The minimum absolute atomic E-state index is 0.0484. The van der Waals surface area contributed by atoms with Gasteiger partial charge < -0.3 is 0 Å². The molecule has 1 rings (SSSR count). The van der Waals surface area contributed by atoms with Crippen LogP contribution in [0.25, 0.3) is 0 Å². The molecule has 0 aliphatic carbocycles. The van der Waals surface area contributed by atoms with Crippen LogP contribution in [0.4, 0.5) is 0 Å². The summed E-state index contributed by atoms with van der Waals surface area (Å²) in [4.78, 5) is 0. The van der Waals surface area contributed by atoms with Crippen LogP contribution in [-0.2, 0) is 9.47 Å². The number of rotatable bonds is 23. The van der Waals surface area contributed by atoms with E-state index < -0.39 is 5.31 Å². The van der Waals surface area contributed by atoms with Crippen LogP contribution in [0.5, 0.6) is 0 Å². The van der Waals surface area contributed by atoms with E-state index in [-0.39, 0.29) is 6.29 Å². The van der Waals surface area contributed by atoms with Crippen molar-refractivity contribution in [2.75, 3.05) is 37.9 Å². The van der Waals surface area contributed by atoms with Crippen molar-refractivity contribution in [3.63, 3.8) is 0 Å². The number of hydrogen-bond donors (Lipinski definition) is 0. The van der Waals surface area contributed by atoms with Gasteiger partial charge in [0, 0.05) is 0 Å². The molecule has 1 saturated heterocycles. The molecule has 0 aromatic carbocycles. The van der Waals surface area contributed by atoms with Crippen molar-refractivity contribution >= 4 is 20.8 Å². The van der Waals surface area contributed by atoms with E-state index in [1.807, 2.05) is 0 Å². The van der Waals surface area contributed by atoms with Gasteiger partial charge in [-0.25, -0.2) is 0 Å². The van der Waals surface area contributed by atoms with Gasteiger partial charge >= 0.3 is 211 Å². The first-order chi connectivity index (χ1) is 15.6. The van der Waals surface area contributed by atoms with Gasteiger partial charge in [-0.1, -0.05) is 0 Å². The van der Waals surface area contributed by atoms with Crippen molar-refractivity contribution in [2.45, 2.75) is 143 Å². The van der Waals surface area contributed by atoms with Crippen molar-refractivity contribution in [3.05, 3.63) is 0 Å². The summed E-state index contributed by atoms with van der Waals surface area (Å²) in [6, 6.07) is 0. The average Bonchev–Trinajstić information content (AvgIpc) is 3.28. The van der Waals surface area contributed by atoms with Crippen LogP contribution in [-0.4, -0.2) is 44.2 Å². The first-order valence-electron chi connectivity index (χ1n) is 14.5. The Hall–Kier alpha value is 0.830. The zero-order chi connectivity index (χ0) is 23.4. The van der Waals surface area contributed by atoms with E-state index >= 15 is 0 Å². The van der Waals surface area contributed by atoms with Gasteiger partial charge in [-0.2, -0.15) is 0 Å². The van der Waals surface area contributed by atoms with Crippen LogP contribution in [0.3, 0.4) is 0 Å². The molecule has 0 N–H and O–H groups in total. The molecule has 0 amide bonds. The SMILES string of the molecule is CCCCCCCCP(Br)(CCCCCCCC)(CCCCCCCC)CC1OCCO1. The molecule has 1 heterocycles. The van der Waals surface area contributed by atoms with Gasteiger partial charge in [-0.15, -0.1) is 0 Å². The molecule has 1 fully saturated rings.